The fraction of sp³-hybridized carbons (Fsp3) is 0.417. The summed E-state index contributed by atoms with van der Waals surface area (Å²) in [6.45, 7) is 6.24. The van der Waals surface area contributed by atoms with Crippen molar-refractivity contribution < 1.29 is 9.84 Å². The van der Waals surface area contributed by atoms with Gasteiger partial charge in [0.25, 0.3) is 0 Å². The lowest BCUT2D eigenvalue weighted by Gasteiger charge is -2.32. The van der Waals surface area contributed by atoms with Crippen LogP contribution in [-0.2, 0) is 4.74 Å². The van der Waals surface area contributed by atoms with Gasteiger partial charge in [-0.2, -0.15) is 10.4 Å². The average Bonchev–Trinajstić information content (AvgIpc) is 3.27. The molecule has 1 aliphatic heterocycles. The third kappa shape index (κ3) is 5.54. The number of nitrogens with one attached hydrogen (secondary N) is 2. The van der Waals surface area contributed by atoms with Gasteiger partial charge < -0.3 is 15.2 Å². The van der Waals surface area contributed by atoms with Crippen LogP contribution >= 0.6 is 0 Å². The molecule has 4 rings (SSSR count). The molecule has 9 heteroatoms. The van der Waals surface area contributed by atoms with Crippen LogP contribution in [0.3, 0.4) is 0 Å². The molecule has 0 amide bonds. The maximum absolute atomic E-state index is 10.1. The Balaban J connectivity index is 1.48. The summed E-state index contributed by atoms with van der Waals surface area (Å²) < 4.78 is 7.83. The van der Waals surface area contributed by atoms with Gasteiger partial charge >= 0.3 is 0 Å². The Morgan fingerprint density at radius 3 is 2.64 bits per heavy atom. The van der Waals surface area contributed by atoms with E-state index in [4.69, 9.17) is 15.0 Å². The first-order chi connectivity index (χ1) is 15.9. The summed E-state index contributed by atoms with van der Waals surface area (Å²) in [5, 5.41) is 29.3. The quantitative estimate of drug-likeness (QED) is 0.371. The maximum atomic E-state index is 10.1. The van der Waals surface area contributed by atoms with E-state index in [0.717, 1.165) is 35.3 Å². The van der Waals surface area contributed by atoms with Crippen molar-refractivity contribution in [3.8, 4) is 17.3 Å². The van der Waals surface area contributed by atoms with Gasteiger partial charge in [0, 0.05) is 18.0 Å². The Bertz CT molecular complexity index is 1110. The van der Waals surface area contributed by atoms with Crippen molar-refractivity contribution in [2.45, 2.75) is 58.1 Å². The van der Waals surface area contributed by atoms with E-state index in [2.05, 4.69) is 34.6 Å². The highest BCUT2D eigenvalue weighted by molar-refractivity contribution is 5.65. The van der Waals surface area contributed by atoms with Crippen molar-refractivity contribution in [2.24, 2.45) is 0 Å². The summed E-state index contributed by atoms with van der Waals surface area (Å²) in [7, 11) is 0. The molecule has 2 unspecified atom stereocenters. The summed E-state index contributed by atoms with van der Waals surface area (Å²) in [5.41, 5.74) is 4.17. The number of rotatable bonds is 7. The zero-order chi connectivity index (χ0) is 23.4. The van der Waals surface area contributed by atoms with E-state index >= 15 is 0 Å². The minimum Gasteiger partial charge on any atom is -0.375 e. The molecule has 0 saturated carbocycles. The number of nitrogens with zero attached hydrogens (tertiary/aromatic N) is 5. The highest BCUT2D eigenvalue weighted by Gasteiger charge is 2.26. The first-order valence-corrected chi connectivity index (χ1v) is 11.1. The minimum absolute atomic E-state index is 0.0755. The molecule has 0 bridgehead atoms. The molecule has 33 heavy (non-hydrogen) atoms. The number of hydrogen-bond donors (Lipinski definition) is 3. The van der Waals surface area contributed by atoms with Crippen LogP contribution < -0.4 is 10.6 Å². The summed E-state index contributed by atoms with van der Waals surface area (Å²) in [6, 6.07) is 9.70. The fourth-order valence-corrected chi connectivity index (χ4v) is 4.20. The molecule has 0 radical (unpaired) electrons. The highest BCUT2D eigenvalue weighted by atomic mass is 16.5. The van der Waals surface area contributed by atoms with Gasteiger partial charge in [-0.25, -0.2) is 9.97 Å². The standard InChI is InChI=1S/C24H29N7O2/c1-15-12-27-24(29-20-13-28-31(14-20)21-10-16(2)33-17(3)11-21)30-22(15)18-4-6-19(7-5-18)23(32)26-9-8-25/h4-7,12-14,16-17,21,23,26,32H,9-11H2,1-3H3,(H,27,29,30)/t16-,17+,21?,23?. The molecule has 1 saturated heterocycles. The lowest BCUT2D eigenvalue weighted by Crippen LogP contribution is -2.31. The molecule has 3 aromatic rings. The lowest BCUT2D eigenvalue weighted by atomic mass is 10.0. The molecule has 4 atom stereocenters. The van der Waals surface area contributed by atoms with E-state index in [1.807, 2.05) is 48.1 Å². The van der Waals surface area contributed by atoms with E-state index in [9.17, 15) is 5.11 Å². The van der Waals surface area contributed by atoms with Crippen molar-refractivity contribution in [3.05, 3.63) is 54.0 Å². The summed E-state index contributed by atoms with van der Waals surface area (Å²) >= 11 is 0. The molecule has 0 spiro atoms. The Kier molecular flexibility index (Phi) is 6.99. The Hall–Kier alpha value is -3.32. The van der Waals surface area contributed by atoms with Crippen LogP contribution in [0.1, 0.15) is 50.1 Å². The smallest absolute Gasteiger partial charge is 0.227 e. The van der Waals surface area contributed by atoms with Gasteiger partial charge in [-0.1, -0.05) is 24.3 Å². The zero-order valence-corrected chi connectivity index (χ0v) is 19.1. The summed E-state index contributed by atoms with van der Waals surface area (Å²) in [4.78, 5) is 9.13. The van der Waals surface area contributed by atoms with Crippen molar-refractivity contribution in [3.63, 3.8) is 0 Å². The molecule has 1 aliphatic rings. The first-order valence-electron chi connectivity index (χ1n) is 11.1. The monoisotopic (exact) mass is 447 g/mol. The number of ether oxygens (including phenoxy) is 1. The molecule has 0 aliphatic carbocycles. The normalized spacial score (nSPS) is 21.4. The number of nitriles is 1. The van der Waals surface area contributed by atoms with Crippen LogP contribution in [0.2, 0.25) is 0 Å². The van der Waals surface area contributed by atoms with Crippen molar-refractivity contribution in [2.75, 3.05) is 11.9 Å². The van der Waals surface area contributed by atoms with Gasteiger partial charge in [0.1, 0.15) is 6.23 Å². The topological polar surface area (TPSA) is 121 Å². The highest BCUT2D eigenvalue weighted by Crippen LogP contribution is 2.30. The molecule has 3 heterocycles. The first kappa shape index (κ1) is 22.9. The minimum atomic E-state index is -0.888. The maximum Gasteiger partial charge on any atom is 0.227 e. The van der Waals surface area contributed by atoms with Gasteiger partial charge in [0.05, 0.1) is 48.4 Å². The van der Waals surface area contributed by atoms with Gasteiger partial charge in [0.2, 0.25) is 5.95 Å². The fourth-order valence-electron chi connectivity index (χ4n) is 4.20. The van der Waals surface area contributed by atoms with E-state index in [0.29, 0.717) is 17.6 Å². The Labute approximate surface area is 193 Å². The summed E-state index contributed by atoms with van der Waals surface area (Å²) in [5.74, 6) is 0.490. The third-order valence-electron chi connectivity index (χ3n) is 5.75. The van der Waals surface area contributed by atoms with Crippen LogP contribution in [0.15, 0.2) is 42.9 Å². The molecule has 2 aromatic heterocycles. The van der Waals surface area contributed by atoms with Crippen LogP contribution in [0.4, 0.5) is 11.6 Å². The zero-order valence-electron chi connectivity index (χ0n) is 19.1. The second-order valence-electron chi connectivity index (χ2n) is 8.51. The van der Waals surface area contributed by atoms with E-state index < -0.39 is 6.23 Å². The van der Waals surface area contributed by atoms with Crippen molar-refractivity contribution in [1.29, 1.82) is 5.26 Å². The van der Waals surface area contributed by atoms with Crippen LogP contribution in [0, 0.1) is 18.3 Å². The van der Waals surface area contributed by atoms with Crippen LogP contribution in [0.25, 0.3) is 11.3 Å². The van der Waals surface area contributed by atoms with Crippen molar-refractivity contribution in [1.82, 2.24) is 25.1 Å². The largest absolute Gasteiger partial charge is 0.375 e. The predicted octanol–water partition coefficient (Wildman–Crippen LogP) is 3.62. The number of aryl methyl sites for hydroxylation is 1. The number of hydrogen-bond acceptors (Lipinski definition) is 8. The number of anilines is 2. The van der Waals surface area contributed by atoms with Crippen molar-refractivity contribution >= 4 is 11.6 Å². The van der Waals surface area contributed by atoms with E-state index in [-0.39, 0.29) is 18.8 Å². The molecule has 1 fully saturated rings. The van der Waals surface area contributed by atoms with Crippen LogP contribution in [-0.4, -0.2) is 43.6 Å². The average molecular weight is 448 g/mol. The predicted molar refractivity (Wildman–Crippen MR) is 125 cm³/mol. The molecule has 172 valence electrons. The molecule has 1 aromatic carbocycles. The molecule has 9 nitrogen and oxygen atoms in total. The van der Waals surface area contributed by atoms with Gasteiger partial charge in [-0.15, -0.1) is 0 Å². The number of aliphatic hydroxyl groups excluding tert-OH is 1. The van der Waals surface area contributed by atoms with E-state index in [1.54, 1.807) is 12.4 Å². The third-order valence-corrected chi connectivity index (χ3v) is 5.75. The van der Waals surface area contributed by atoms with Gasteiger partial charge in [-0.3, -0.25) is 10.00 Å². The summed E-state index contributed by atoms with van der Waals surface area (Å²) in [6.07, 6.45) is 6.99. The second-order valence-corrected chi connectivity index (χ2v) is 8.51. The second kappa shape index (κ2) is 10.1. The van der Waals surface area contributed by atoms with E-state index in [1.165, 1.54) is 0 Å². The van der Waals surface area contributed by atoms with Gasteiger partial charge in [0.15, 0.2) is 0 Å². The molecule has 3 N–H and O–H groups in total. The van der Waals surface area contributed by atoms with Gasteiger partial charge in [-0.05, 0) is 44.7 Å². The SMILES string of the molecule is Cc1cnc(Nc2cnn(C3C[C@@H](C)O[C@@H](C)C3)c2)nc1-c1ccc(C(O)NCC#N)cc1. The Morgan fingerprint density at radius 1 is 1.21 bits per heavy atom. The lowest BCUT2D eigenvalue weighted by molar-refractivity contribution is -0.0506. The van der Waals surface area contributed by atoms with Crippen LogP contribution in [0.5, 0.6) is 0 Å². The Morgan fingerprint density at radius 2 is 1.94 bits per heavy atom. The number of aromatic nitrogens is 4. The molecular formula is C24H29N7O2. The number of aliphatic hydroxyl groups is 1. The number of benzene rings is 1. The molecular weight excluding hydrogens is 418 g/mol.